The molecular formula is C28H29N3O3. The van der Waals surface area contributed by atoms with Crippen LogP contribution in [0.15, 0.2) is 72.8 Å². The molecule has 174 valence electrons. The summed E-state index contributed by atoms with van der Waals surface area (Å²) < 4.78 is 5.16. The lowest BCUT2D eigenvalue weighted by molar-refractivity contribution is 0.0535. The highest BCUT2D eigenvalue weighted by Crippen LogP contribution is 2.25. The van der Waals surface area contributed by atoms with Crippen molar-refractivity contribution in [2.75, 3.05) is 44.7 Å². The molecule has 2 amide bonds. The largest absolute Gasteiger partial charge is 0.497 e. The molecule has 0 radical (unpaired) electrons. The molecule has 1 saturated heterocycles. The van der Waals surface area contributed by atoms with Gasteiger partial charge in [0, 0.05) is 56.1 Å². The van der Waals surface area contributed by atoms with Crippen LogP contribution in [0.1, 0.15) is 31.8 Å². The molecule has 3 aromatic rings. The third-order valence-corrected chi connectivity index (χ3v) is 6.80. The molecule has 0 atom stereocenters. The Hall–Kier alpha value is -3.80. The number of fused-ring (bicyclic) bond motifs is 1. The summed E-state index contributed by atoms with van der Waals surface area (Å²) >= 11 is 0. The summed E-state index contributed by atoms with van der Waals surface area (Å²) in [6.45, 7) is 4.00. The van der Waals surface area contributed by atoms with E-state index in [2.05, 4.69) is 29.2 Å². The first kappa shape index (κ1) is 22.0. The van der Waals surface area contributed by atoms with Gasteiger partial charge in [0.25, 0.3) is 11.8 Å². The lowest BCUT2D eigenvalue weighted by Gasteiger charge is -2.35. The second kappa shape index (κ2) is 9.59. The van der Waals surface area contributed by atoms with Crippen molar-refractivity contribution in [1.82, 2.24) is 9.80 Å². The molecule has 0 aromatic heterocycles. The Morgan fingerprint density at radius 3 is 1.76 bits per heavy atom. The Morgan fingerprint density at radius 2 is 1.21 bits per heavy atom. The molecule has 34 heavy (non-hydrogen) atoms. The summed E-state index contributed by atoms with van der Waals surface area (Å²) in [5.74, 6) is 0.734. The fourth-order valence-corrected chi connectivity index (χ4v) is 4.74. The van der Waals surface area contributed by atoms with Crippen molar-refractivity contribution in [2.24, 2.45) is 0 Å². The van der Waals surface area contributed by atoms with Crippen molar-refractivity contribution in [3.63, 3.8) is 0 Å². The molecule has 0 bridgehead atoms. The van der Waals surface area contributed by atoms with Gasteiger partial charge >= 0.3 is 0 Å². The van der Waals surface area contributed by atoms with E-state index in [0.717, 1.165) is 30.9 Å². The van der Waals surface area contributed by atoms with Crippen LogP contribution in [-0.2, 0) is 13.0 Å². The summed E-state index contributed by atoms with van der Waals surface area (Å²) in [6, 6.07) is 23.7. The van der Waals surface area contributed by atoms with Crippen LogP contribution >= 0.6 is 0 Å². The summed E-state index contributed by atoms with van der Waals surface area (Å²) in [6.07, 6.45) is 1.04. The number of anilines is 1. The van der Waals surface area contributed by atoms with Gasteiger partial charge in [0.05, 0.1) is 7.11 Å². The number of benzene rings is 3. The van der Waals surface area contributed by atoms with Gasteiger partial charge in [-0.15, -0.1) is 0 Å². The average Bonchev–Trinajstić information content (AvgIpc) is 2.92. The molecule has 6 nitrogen and oxygen atoms in total. The first-order valence-corrected chi connectivity index (χ1v) is 11.8. The molecule has 0 saturated carbocycles. The van der Waals surface area contributed by atoms with Crippen LogP contribution in [0.5, 0.6) is 5.75 Å². The predicted octanol–water partition coefficient (Wildman–Crippen LogP) is 3.86. The first-order valence-electron chi connectivity index (χ1n) is 11.8. The van der Waals surface area contributed by atoms with Crippen molar-refractivity contribution in [1.29, 1.82) is 0 Å². The van der Waals surface area contributed by atoms with Crippen molar-refractivity contribution in [3.05, 3.63) is 95.1 Å². The minimum absolute atomic E-state index is 0.0118. The quantitative estimate of drug-likeness (QED) is 0.600. The Morgan fingerprint density at radius 1 is 0.676 bits per heavy atom. The van der Waals surface area contributed by atoms with Crippen molar-refractivity contribution < 1.29 is 14.3 Å². The SMILES string of the molecule is COc1ccc(C(=O)N2CCN(C(=O)c3ccc(N4CCc5ccccc5C4)cc3)CC2)cc1. The molecule has 0 spiro atoms. The zero-order valence-corrected chi connectivity index (χ0v) is 19.4. The molecule has 0 N–H and O–H groups in total. The van der Waals surface area contributed by atoms with Gasteiger partial charge in [-0.2, -0.15) is 0 Å². The summed E-state index contributed by atoms with van der Waals surface area (Å²) in [5, 5.41) is 0. The molecule has 1 fully saturated rings. The summed E-state index contributed by atoms with van der Waals surface area (Å²) in [4.78, 5) is 31.9. The molecule has 3 aromatic carbocycles. The maximum Gasteiger partial charge on any atom is 0.253 e. The number of amides is 2. The molecule has 2 aliphatic heterocycles. The fourth-order valence-electron chi connectivity index (χ4n) is 4.74. The molecule has 6 heteroatoms. The van der Waals surface area contributed by atoms with Gasteiger partial charge in [-0.25, -0.2) is 0 Å². The lowest BCUT2D eigenvalue weighted by Crippen LogP contribution is -2.50. The Kier molecular flexibility index (Phi) is 6.21. The van der Waals surface area contributed by atoms with Crippen molar-refractivity contribution in [3.8, 4) is 5.75 Å². The van der Waals surface area contributed by atoms with Gasteiger partial charge in [-0.3, -0.25) is 9.59 Å². The maximum absolute atomic E-state index is 13.1. The minimum Gasteiger partial charge on any atom is -0.497 e. The smallest absolute Gasteiger partial charge is 0.253 e. The van der Waals surface area contributed by atoms with Gasteiger partial charge in [0.15, 0.2) is 0 Å². The molecule has 2 heterocycles. The zero-order valence-electron chi connectivity index (χ0n) is 19.4. The van der Waals surface area contributed by atoms with Crippen LogP contribution in [-0.4, -0.2) is 61.4 Å². The van der Waals surface area contributed by atoms with E-state index in [1.165, 1.54) is 11.1 Å². The second-order valence-corrected chi connectivity index (χ2v) is 8.80. The highest BCUT2D eigenvalue weighted by atomic mass is 16.5. The van der Waals surface area contributed by atoms with Gasteiger partial charge in [-0.05, 0) is 66.1 Å². The van der Waals surface area contributed by atoms with Crippen LogP contribution in [0.3, 0.4) is 0 Å². The lowest BCUT2D eigenvalue weighted by atomic mass is 9.99. The summed E-state index contributed by atoms with van der Waals surface area (Å²) in [5.41, 5.74) is 5.26. The number of carbonyl (C=O) groups is 2. The number of hydrogen-bond donors (Lipinski definition) is 0. The average molecular weight is 456 g/mol. The minimum atomic E-state index is -0.0118. The molecular weight excluding hydrogens is 426 g/mol. The fraction of sp³-hybridized carbons (Fsp3) is 0.286. The first-order chi connectivity index (χ1) is 16.6. The maximum atomic E-state index is 13.1. The molecule has 0 aliphatic carbocycles. The van der Waals surface area contributed by atoms with Gasteiger partial charge in [-0.1, -0.05) is 24.3 Å². The monoisotopic (exact) mass is 455 g/mol. The van der Waals surface area contributed by atoms with E-state index in [-0.39, 0.29) is 11.8 Å². The van der Waals surface area contributed by atoms with Crippen molar-refractivity contribution >= 4 is 17.5 Å². The van der Waals surface area contributed by atoms with E-state index in [1.54, 1.807) is 31.4 Å². The topological polar surface area (TPSA) is 53.1 Å². The van der Waals surface area contributed by atoms with E-state index in [9.17, 15) is 9.59 Å². The number of piperazine rings is 1. The Balaban J connectivity index is 1.17. The number of ether oxygens (including phenoxy) is 1. The van der Waals surface area contributed by atoms with Crippen LogP contribution in [0, 0.1) is 0 Å². The number of rotatable bonds is 4. The number of hydrogen-bond acceptors (Lipinski definition) is 4. The van der Waals surface area contributed by atoms with Gasteiger partial charge in [0.2, 0.25) is 0 Å². The molecule has 0 unspecified atom stereocenters. The van der Waals surface area contributed by atoms with Crippen LogP contribution in [0.2, 0.25) is 0 Å². The highest BCUT2D eigenvalue weighted by Gasteiger charge is 2.26. The second-order valence-electron chi connectivity index (χ2n) is 8.80. The Labute approximate surface area is 200 Å². The third-order valence-electron chi connectivity index (χ3n) is 6.80. The number of methoxy groups -OCH3 is 1. The Bertz CT molecular complexity index is 1170. The number of carbonyl (C=O) groups excluding carboxylic acids is 2. The summed E-state index contributed by atoms with van der Waals surface area (Å²) in [7, 11) is 1.60. The van der Waals surface area contributed by atoms with Crippen LogP contribution in [0.25, 0.3) is 0 Å². The van der Waals surface area contributed by atoms with E-state index in [0.29, 0.717) is 37.3 Å². The van der Waals surface area contributed by atoms with Crippen molar-refractivity contribution in [2.45, 2.75) is 13.0 Å². The van der Waals surface area contributed by atoms with E-state index in [4.69, 9.17) is 4.74 Å². The number of nitrogens with zero attached hydrogens (tertiary/aromatic N) is 3. The molecule has 5 rings (SSSR count). The van der Waals surface area contributed by atoms with E-state index < -0.39 is 0 Å². The highest BCUT2D eigenvalue weighted by molar-refractivity contribution is 5.96. The molecule has 2 aliphatic rings. The van der Waals surface area contributed by atoms with Gasteiger partial charge in [0.1, 0.15) is 5.75 Å². The van der Waals surface area contributed by atoms with E-state index in [1.807, 2.05) is 34.1 Å². The standard InChI is InChI=1S/C28H29N3O3/c1-34-26-12-8-23(9-13-26)28(33)30-18-16-29(17-19-30)27(32)22-6-10-25(11-7-22)31-15-14-21-4-2-3-5-24(21)20-31/h2-13H,14-20H2,1H3. The van der Waals surface area contributed by atoms with Gasteiger partial charge < -0.3 is 19.4 Å². The van der Waals surface area contributed by atoms with Crippen LogP contribution in [0.4, 0.5) is 5.69 Å². The normalized spacial score (nSPS) is 15.6. The van der Waals surface area contributed by atoms with Crippen LogP contribution < -0.4 is 9.64 Å². The zero-order chi connectivity index (χ0) is 23.5. The third kappa shape index (κ3) is 4.49. The predicted molar refractivity (Wildman–Crippen MR) is 132 cm³/mol. The van der Waals surface area contributed by atoms with E-state index >= 15 is 0 Å².